The Labute approximate surface area is 110 Å². The number of ether oxygens (including phenoxy) is 1. The van der Waals surface area contributed by atoms with E-state index in [1.54, 1.807) is 6.08 Å². The molecule has 2 atom stereocenters. The first-order chi connectivity index (χ1) is 6.60. The van der Waals surface area contributed by atoms with Crippen molar-refractivity contribution >= 4 is 11.9 Å². The summed E-state index contributed by atoms with van der Waals surface area (Å²) in [7, 11) is 1.29. The van der Waals surface area contributed by atoms with E-state index in [9.17, 15) is 14.7 Å². The third-order valence-electron chi connectivity index (χ3n) is 3.27. The van der Waals surface area contributed by atoms with Crippen molar-refractivity contribution in [2.75, 3.05) is 7.11 Å². The third kappa shape index (κ3) is 1.75. The number of fused-ring (bicyclic) bond motifs is 2. The van der Waals surface area contributed by atoms with Gasteiger partial charge >= 0.3 is 35.5 Å². The van der Waals surface area contributed by atoms with Crippen molar-refractivity contribution in [2.24, 2.45) is 11.3 Å². The number of methoxy groups -OCH3 is 1. The number of carbonyl (C=O) groups excluding carboxylic acids is 2. The fourth-order valence-corrected chi connectivity index (χ4v) is 2.62. The SMILES string of the molecule is COC(=O)C12CCC(C=C1C(=O)[O-])C2.[Na+]. The minimum Gasteiger partial charge on any atom is -0.545 e. The Bertz CT molecular complexity index is 336. The first-order valence-electron chi connectivity index (χ1n) is 4.62. The molecular weight excluding hydrogens is 207 g/mol. The first-order valence-corrected chi connectivity index (χ1v) is 4.62. The molecule has 2 unspecified atom stereocenters. The van der Waals surface area contributed by atoms with Crippen LogP contribution >= 0.6 is 0 Å². The van der Waals surface area contributed by atoms with E-state index in [2.05, 4.69) is 4.74 Å². The van der Waals surface area contributed by atoms with E-state index in [1.807, 2.05) is 0 Å². The molecule has 0 heterocycles. The van der Waals surface area contributed by atoms with Gasteiger partial charge in [0.1, 0.15) is 0 Å². The molecule has 2 bridgehead atoms. The predicted molar refractivity (Wildman–Crippen MR) is 44.9 cm³/mol. The van der Waals surface area contributed by atoms with Crippen LogP contribution in [-0.2, 0) is 14.3 Å². The van der Waals surface area contributed by atoms with Crippen LogP contribution in [0.4, 0.5) is 0 Å². The van der Waals surface area contributed by atoms with Crippen LogP contribution < -0.4 is 34.7 Å². The number of rotatable bonds is 2. The normalized spacial score (nSPS) is 31.8. The summed E-state index contributed by atoms with van der Waals surface area (Å²) < 4.78 is 4.66. The average Bonchev–Trinajstić information content (AvgIpc) is 2.74. The molecule has 15 heavy (non-hydrogen) atoms. The zero-order chi connectivity index (χ0) is 10.3. The van der Waals surface area contributed by atoms with Crippen LogP contribution in [0.2, 0.25) is 0 Å². The summed E-state index contributed by atoms with van der Waals surface area (Å²) in [6.07, 6.45) is 3.66. The maximum Gasteiger partial charge on any atom is 1.00 e. The largest absolute Gasteiger partial charge is 1.00 e. The van der Waals surface area contributed by atoms with Crippen molar-refractivity contribution < 1.29 is 49.0 Å². The molecule has 0 amide bonds. The Morgan fingerprint density at radius 2 is 2.27 bits per heavy atom. The minimum atomic E-state index is -1.24. The zero-order valence-electron chi connectivity index (χ0n) is 8.91. The summed E-state index contributed by atoms with van der Waals surface area (Å²) in [6.45, 7) is 0. The number of esters is 1. The smallest absolute Gasteiger partial charge is 0.545 e. The summed E-state index contributed by atoms with van der Waals surface area (Å²) in [6, 6.07) is 0. The molecule has 0 spiro atoms. The Hall–Kier alpha value is -0.320. The van der Waals surface area contributed by atoms with Gasteiger partial charge in [-0.05, 0) is 30.8 Å². The van der Waals surface area contributed by atoms with Crippen LogP contribution in [0.1, 0.15) is 19.3 Å². The second-order valence-electron chi connectivity index (χ2n) is 3.94. The molecule has 2 rings (SSSR count). The van der Waals surface area contributed by atoms with Crippen LogP contribution in [-0.4, -0.2) is 19.0 Å². The van der Waals surface area contributed by atoms with Gasteiger partial charge in [-0.3, -0.25) is 4.79 Å². The number of aliphatic carboxylic acids is 1. The van der Waals surface area contributed by atoms with E-state index in [0.717, 1.165) is 6.42 Å². The van der Waals surface area contributed by atoms with E-state index >= 15 is 0 Å². The number of hydrogen-bond acceptors (Lipinski definition) is 4. The van der Waals surface area contributed by atoms with Crippen LogP contribution in [0, 0.1) is 11.3 Å². The molecule has 0 aliphatic heterocycles. The molecule has 0 aromatic heterocycles. The number of carboxylic acids is 1. The number of carbonyl (C=O) groups is 2. The van der Waals surface area contributed by atoms with E-state index < -0.39 is 17.4 Å². The van der Waals surface area contributed by atoms with Gasteiger partial charge in [0, 0.05) is 0 Å². The van der Waals surface area contributed by atoms with Gasteiger partial charge in [0.25, 0.3) is 0 Å². The average molecular weight is 218 g/mol. The molecule has 0 radical (unpaired) electrons. The molecule has 1 fully saturated rings. The van der Waals surface area contributed by atoms with Gasteiger partial charge in [-0.1, -0.05) is 6.08 Å². The van der Waals surface area contributed by atoms with E-state index in [1.165, 1.54) is 7.11 Å². The first kappa shape index (κ1) is 12.7. The summed E-state index contributed by atoms with van der Waals surface area (Å²) >= 11 is 0. The molecule has 0 saturated heterocycles. The maximum absolute atomic E-state index is 11.6. The maximum atomic E-state index is 11.6. The van der Waals surface area contributed by atoms with Crippen molar-refractivity contribution in [1.29, 1.82) is 0 Å². The van der Waals surface area contributed by atoms with Crippen LogP contribution in [0.3, 0.4) is 0 Å². The van der Waals surface area contributed by atoms with Crippen LogP contribution in [0.15, 0.2) is 11.6 Å². The molecule has 5 heteroatoms. The molecule has 0 aromatic rings. The molecule has 1 saturated carbocycles. The van der Waals surface area contributed by atoms with Gasteiger partial charge in [0.15, 0.2) is 0 Å². The van der Waals surface area contributed by atoms with E-state index in [-0.39, 0.29) is 41.0 Å². The van der Waals surface area contributed by atoms with Crippen molar-refractivity contribution in [3.05, 3.63) is 11.6 Å². The summed E-state index contributed by atoms with van der Waals surface area (Å²) in [4.78, 5) is 22.4. The van der Waals surface area contributed by atoms with Crippen LogP contribution in [0.5, 0.6) is 0 Å². The number of carboxylic acid groups (broad SMARTS) is 1. The molecule has 76 valence electrons. The number of hydrogen-bond donors (Lipinski definition) is 0. The van der Waals surface area contributed by atoms with Crippen molar-refractivity contribution in [1.82, 2.24) is 0 Å². The third-order valence-corrected chi connectivity index (χ3v) is 3.27. The molecule has 2 aliphatic carbocycles. The van der Waals surface area contributed by atoms with Gasteiger partial charge in [-0.15, -0.1) is 0 Å². The predicted octanol–water partition coefficient (Wildman–Crippen LogP) is -3.36. The molecule has 0 aromatic carbocycles. The van der Waals surface area contributed by atoms with Crippen LogP contribution in [0.25, 0.3) is 0 Å². The quantitative estimate of drug-likeness (QED) is 0.358. The Kier molecular flexibility index (Phi) is 3.63. The number of allylic oxidation sites excluding steroid dienone is 1. The Balaban J connectivity index is 0.00000112. The second-order valence-corrected chi connectivity index (χ2v) is 3.94. The second kappa shape index (κ2) is 4.28. The van der Waals surface area contributed by atoms with Gasteiger partial charge in [-0.2, -0.15) is 0 Å². The van der Waals surface area contributed by atoms with E-state index in [0.29, 0.717) is 12.8 Å². The standard InChI is InChI=1S/C10H12O4.Na/c1-14-9(13)10-3-2-6(5-10)4-7(10)8(11)12;/h4,6H,2-3,5H2,1H3,(H,11,12);/q;+1/p-1. The molecule has 4 nitrogen and oxygen atoms in total. The van der Waals surface area contributed by atoms with Gasteiger partial charge in [-0.25, -0.2) is 0 Å². The van der Waals surface area contributed by atoms with Crippen molar-refractivity contribution in [3.63, 3.8) is 0 Å². The molecular formula is C10H11NaO4. The van der Waals surface area contributed by atoms with Crippen molar-refractivity contribution in [3.8, 4) is 0 Å². The summed E-state index contributed by atoms with van der Waals surface area (Å²) in [5.74, 6) is -1.47. The zero-order valence-corrected chi connectivity index (χ0v) is 10.9. The molecule has 2 aliphatic rings. The Morgan fingerprint density at radius 3 is 2.73 bits per heavy atom. The Morgan fingerprint density at radius 1 is 1.60 bits per heavy atom. The molecule has 0 N–H and O–H groups in total. The summed E-state index contributed by atoms with van der Waals surface area (Å²) in [5.41, 5.74) is -0.779. The van der Waals surface area contributed by atoms with E-state index in [4.69, 9.17) is 0 Å². The van der Waals surface area contributed by atoms with Gasteiger partial charge < -0.3 is 14.6 Å². The monoisotopic (exact) mass is 218 g/mol. The fourth-order valence-electron chi connectivity index (χ4n) is 2.62. The summed E-state index contributed by atoms with van der Waals surface area (Å²) in [5, 5.41) is 10.8. The topological polar surface area (TPSA) is 66.4 Å². The van der Waals surface area contributed by atoms with Crippen molar-refractivity contribution in [2.45, 2.75) is 19.3 Å². The van der Waals surface area contributed by atoms with Gasteiger partial charge in [0.2, 0.25) is 0 Å². The van der Waals surface area contributed by atoms with Gasteiger partial charge in [0.05, 0.1) is 18.5 Å². The fraction of sp³-hybridized carbons (Fsp3) is 0.600. The minimum absolute atomic E-state index is 0.